The van der Waals surface area contributed by atoms with Crippen LogP contribution < -0.4 is 5.32 Å². The first-order chi connectivity index (χ1) is 13.1. The fraction of sp³-hybridized carbons (Fsp3) is 0.667. The average Bonchev–Trinajstić information content (AvgIpc) is 2.68. The van der Waals surface area contributed by atoms with Crippen molar-refractivity contribution in [3.63, 3.8) is 0 Å². The fourth-order valence-electron chi connectivity index (χ4n) is 3.72. The number of piperidine rings is 1. The van der Waals surface area contributed by atoms with Gasteiger partial charge in [-0.25, -0.2) is 8.42 Å². The first-order valence-corrected chi connectivity index (χ1v) is 11.7. The molecule has 1 aromatic carbocycles. The lowest BCUT2D eigenvalue weighted by Crippen LogP contribution is -2.53. The van der Waals surface area contributed by atoms with Crippen LogP contribution in [0.4, 0.5) is 0 Å². The van der Waals surface area contributed by atoms with Crippen LogP contribution in [-0.2, 0) is 10.0 Å². The van der Waals surface area contributed by atoms with Gasteiger partial charge in [-0.15, -0.1) is 0 Å². The number of benzene rings is 1. The number of nitrogens with zero attached hydrogens (tertiary/aromatic N) is 2. The molecule has 1 aliphatic rings. The van der Waals surface area contributed by atoms with Crippen LogP contribution in [0.2, 0.25) is 0 Å². The molecule has 0 spiro atoms. The summed E-state index contributed by atoms with van der Waals surface area (Å²) in [6.07, 6.45) is 3.66. The standard InChI is InChI=1S/C21H35N3O3S/c1-6-24(7-2)28(26,27)18-12-11-17(3)19(15-18)20(25)22-16-21(4,5)23-13-9-8-10-14-23/h11-12,15H,6-10,13-14,16H2,1-5H3,(H,22,25). The Morgan fingerprint density at radius 2 is 1.75 bits per heavy atom. The fourth-order valence-corrected chi connectivity index (χ4v) is 5.21. The molecule has 1 aromatic rings. The molecule has 1 fully saturated rings. The smallest absolute Gasteiger partial charge is 0.251 e. The number of rotatable bonds is 8. The Labute approximate surface area is 170 Å². The number of carbonyl (C=O) groups is 1. The van der Waals surface area contributed by atoms with Gasteiger partial charge in [0.2, 0.25) is 10.0 Å². The van der Waals surface area contributed by atoms with Crippen molar-refractivity contribution in [2.24, 2.45) is 0 Å². The molecule has 1 amide bonds. The third kappa shape index (κ3) is 5.13. The van der Waals surface area contributed by atoms with E-state index in [9.17, 15) is 13.2 Å². The van der Waals surface area contributed by atoms with E-state index in [2.05, 4.69) is 24.1 Å². The molecule has 0 bridgehead atoms. The van der Waals surface area contributed by atoms with Crippen molar-refractivity contribution in [3.05, 3.63) is 29.3 Å². The largest absolute Gasteiger partial charge is 0.350 e. The van der Waals surface area contributed by atoms with Gasteiger partial charge in [0.05, 0.1) is 4.90 Å². The second-order valence-corrected chi connectivity index (χ2v) is 10.0. The predicted molar refractivity (Wildman–Crippen MR) is 113 cm³/mol. The molecule has 7 heteroatoms. The first kappa shape index (κ1) is 22.8. The Hall–Kier alpha value is -1.44. The highest BCUT2D eigenvalue weighted by molar-refractivity contribution is 7.89. The van der Waals surface area contributed by atoms with Gasteiger partial charge in [-0.2, -0.15) is 4.31 Å². The third-order valence-corrected chi connectivity index (χ3v) is 7.74. The molecule has 1 N–H and O–H groups in total. The SMILES string of the molecule is CCN(CC)S(=O)(=O)c1ccc(C)c(C(=O)NCC(C)(C)N2CCCCC2)c1. The molecular formula is C21H35N3O3S. The molecule has 1 aliphatic heterocycles. The monoisotopic (exact) mass is 409 g/mol. The number of likely N-dealkylation sites (tertiary alicyclic amines) is 1. The topological polar surface area (TPSA) is 69.7 Å². The van der Waals surface area contributed by atoms with Gasteiger partial charge in [-0.05, 0) is 64.4 Å². The number of hydrogen-bond acceptors (Lipinski definition) is 4. The van der Waals surface area contributed by atoms with Gasteiger partial charge in [0.1, 0.15) is 0 Å². The number of sulfonamides is 1. The maximum Gasteiger partial charge on any atom is 0.251 e. The third-order valence-electron chi connectivity index (χ3n) is 5.69. The summed E-state index contributed by atoms with van der Waals surface area (Å²) in [4.78, 5) is 15.4. The summed E-state index contributed by atoms with van der Waals surface area (Å²) >= 11 is 0. The molecule has 0 atom stereocenters. The lowest BCUT2D eigenvalue weighted by molar-refractivity contribution is 0.0797. The molecule has 28 heavy (non-hydrogen) atoms. The van der Waals surface area contributed by atoms with Crippen LogP contribution in [0.3, 0.4) is 0 Å². The summed E-state index contributed by atoms with van der Waals surface area (Å²) in [5, 5.41) is 3.02. The van der Waals surface area contributed by atoms with Crippen LogP contribution in [0.1, 0.15) is 62.9 Å². The van der Waals surface area contributed by atoms with Crippen molar-refractivity contribution in [1.82, 2.24) is 14.5 Å². The van der Waals surface area contributed by atoms with Crippen LogP contribution in [0.15, 0.2) is 23.1 Å². The van der Waals surface area contributed by atoms with Crippen LogP contribution in [-0.4, -0.2) is 61.8 Å². The summed E-state index contributed by atoms with van der Waals surface area (Å²) in [5.74, 6) is -0.223. The highest BCUT2D eigenvalue weighted by atomic mass is 32.2. The zero-order chi connectivity index (χ0) is 20.9. The van der Waals surface area contributed by atoms with Crippen molar-refractivity contribution in [1.29, 1.82) is 0 Å². The molecule has 0 aromatic heterocycles. The number of carbonyl (C=O) groups excluding carboxylic acids is 1. The molecule has 6 nitrogen and oxygen atoms in total. The van der Waals surface area contributed by atoms with Crippen molar-refractivity contribution >= 4 is 15.9 Å². The van der Waals surface area contributed by atoms with E-state index in [-0.39, 0.29) is 16.3 Å². The Bertz CT molecular complexity index is 780. The van der Waals surface area contributed by atoms with E-state index in [1.807, 2.05) is 20.8 Å². The molecule has 0 unspecified atom stereocenters. The molecule has 0 aliphatic carbocycles. The molecule has 1 heterocycles. The van der Waals surface area contributed by atoms with E-state index >= 15 is 0 Å². The summed E-state index contributed by atoms with van der Waals surface area (Å²) in [5.41, 5.74) is 1.06. The van der Waals surface area contributed by atoms with Crippen LogP contribution in [0.25, 0.3) is 0 Å². The summed E-state index contributed by atoms with van der Waals surface area (Å²) in [6, 6.07) is 4.80. The molecule has 158 valence electrons. The average molecular weight is 410 g/mol. The number of hydrogen-bond donors (Lipinski definition) is 1. The second kappa shape index (κ2) is 9.37. The van der Waals surface area contributed by atoms with E-state index in [4.69, 9.17) is 0 Å². The van der Waals surface area contributed by atoms with Crippen LogP contribution >= 0.6 is 0 Å². The highest BCUT2D eigenvalue weighted by Crippen LogP contribution is 2.22. The quantitative estimate of drug-likeness (QED) is 0.717. The van der Waals surface area contributed by atoms with E-state index in [1.165, 1.54) is 29.6 Å². The predicted octanol–water partition coefficient (Wildman–Crippen LogP) is 3.02. The van der Waals surface area contributed by atoms with Crippen LogP contribution in [0.5, 0.6) is 0 Å². The summed E-state index contributed by atoms with van der Waals surface area (Å²) < 4.78 is 27.0. The first-order valence-electron chi connectivity index (χ1n) is 10.3. The number of nitrogens with one attached hydrogen (secondary N) is 1. The van der Waals surface area contributed by atoms with Gasteiger partial charge in [0.25, 0.3) is 5.91 Å². The molecular weight excluding hydrogens is 374 g/mol. The van der Waals surface area contributed by atoms with Gasteiger partial charge >= 0.3 is 0 Å². The number of amides is 1. The summed E-state index contributed by atoms with van der Waals surface area (Å²) in [6.45, 7) is 13.2. The molecule has 0 saturated carbocycles. The van der Waals surface area contributed by atoms with Gasteiger partial charge in [0, 0.05) is 30.7 Å². The van der Waals surface area contributed by atoms with E-state index < -0.39 is 10.0 Å². The maximum atomic E-state index is 12.8. The summed E-state index contributed by atoms with van der Waals surface area (Å²) in [7, 11) is -3.59. The van der Waals surface area contributed by atoms with Gasteiger partial charge < -0.3 is 5.32 Å². The number of aryl methyl sites for hydroxylation is 1. The Balaban J connectivity index is 2.17. The maximum absolute atomic E-state index is 12.8. The lowest BCUT2D eigenvalue weighted by atomic mass is 9.98. The Morgan fingerprint density at radius 1 is 1.14 bits per heavy atom. The zero-order valence-corrected chi connectivity index (χ0v) is 18.7. The van der Waals surface area contributed by atoms with Crippen molar-refractivity contribution in [2.45, 2.75) is 64.3 Å². The van der Waals surface area contributed by atoms with Crippen molar-refractivity contribution < 1.29 is 13.2 Å². The minimum Gasteiger partial charge on any atom is -0.350 e. The minimum atomic E-state index is -3.59. The van der Waals surface area contributed by atoms with Crippen LogP contribution in [0, 0.1) is 6.92 Å². The highest BCUT2D eigenvalue weighted by Gasteiger charge is 2.29. The molecule has 1 saturated heterocycles. The Morgan fingerprint density at radius 3 is 2.32 bits per heavy atom. The van der Waals surface area contributed by atoms with E-state index in [1.54, 1.807) is 12.1 Å². The molecule has 2 rings (SSSR count). The molecule has 0 radical (unpaired) electrons. The van der Waals surface area contributed by atoms with E-state index in [0.717, 1.165) is 18.7 Å². The van der Waals surface area contributed by atoms with Crippen molar-refractivity contribution in [3.8, 4) is 0 Å². The minimum absolute atomic E-state index is 0.130. The van der Waals surface area contributed by atoms with Gasteiger partial charge in [-0.3, -0.25) is 9.69 Å². The van der Waals surface area contributed by atoms with Gasteiger partial charge in [-0.1, -0.05) is 26.3 Å². The van der Waals surface area contributed by atoms with Gasteiger partial charge in [0.15, 0.2) is 0 Å². The Kier molecular flexibility index (Phi) is 7.65. The zero-order valence-electron chi connectivity index (χ0n) is 17.9. The second-order valence-electron chi connectivity index (χ2n) is 8.11. The normalized spacial score (nSPS) is 16.4. The lowest BCUT2D eigenvalue weighted by Gasteiger charge is -2.41. The van der Waals surface area contributed by atoms with E-state index in [0.29, 0.717) is 25.2 Å². The van der Waals surface area contributed by atoms with Crippen molar-refractivity contribution in [2.75, 3.05) is 32.7 Å².